The Morgan fingerprint density at radius 1 is 1.53 bits per heavy atom. The second kappa shape index (κ2) is 6.41. The molecule has 0 saturated carbocycles. The lowest BCUT2D eigenvalue weighted by Crippen LogP contribution is -2.21. The summed E-state index contributed by atoms with van der Waals surface area (Å²) in [7, 11) is 1.73. The van der Waals surface area contributed by atoms with Gasteiger partial charge in [-0.15, -0.1) is 0 Å². The average molecular weight is 282 g/mol. The summed E-state index contributed by atoms with van der Waals surface area (Å²) in [4.78, 5) is 2.54. The molecule has 1 atom stereocenters. The Bertz CT molecular complexity index is 467. The number of rotatable bonds is 5. The van der Waals surface area contributed by atoms with Gasteiger partial charge >= 0.3 is 0 Å². The molecule has 1 fully saturated rings. The molecule has 0 amide bonds. The van der Waals surface area contributed by atoms with Crippen molar-refractivity contribution in [2.75, 3.05) is 26.8 Å². The second-order valence-electron chi connectivity index (χ2n) is 5.06. The van der Waals surface area contributed by atoms with Crippen LogP contribution >= 0.6 is 12.2 Å². The van der Waals surface area contributed by atoms with Gasteiger partial charge in [0.15, 0.2) is 0 Å². The molecule has 1 aromatic carbocycles. The van der Waals surface area contributed by atoms with Crippen molar-refractivity contribution in [3.05, 3.63) is 35.1 Å². The Labute approximate surface area is 118 Å². The van der Waals surface area contributed by atoms with E-state index in [-0.39, 0.29) is 10.8 Å². The SMILES string of the molecule is COCC1CCN(Cc2cc(F)cc(C(N)=S)c2)C1. The Kier molecular flexibility index (Phi) is 4.85. The van der Waals surface area contributed by atoms with Gasteiger partial charge in [0.2, 0.25) is 0 Å². The van der Waals surface area contributed by atoms with Gasteiger partial charge in [-0.3, -0.25) is 4.90 Å². The minimum Gasteiger partial charge on any atom is -0.389 e. The van der Waals surface area contributed by atoms with Crippen molar-refractivity contribution in [1.29, 1.82) is 0 Å². The molecule has 0 aromatic heterocycles. The van der Waals surface area contributed by atoms with Gasteiger partial charge in [0, 0.05) is 25.8 Å². The number of halogens is 1. The number of methoxy groups -OCH3 is 1. The molecule has 2 rings (SSSR count). The summed E-state index contributed by atoms with van der Waals surface area (Å²) in [6.07, 6.45) is 1.13. The lowest BCUT2D eigenvalue weighted by Gasteiger charge is -2.16. The zero-order chi connectivity index (χ0) is 13.8. The zero-order valence-electron chi connectivity index (χ0n) is 11.1. The molecule has 0 bridgehead atoms. The summed E-state index contributed by atoms with van der Waals surface area (Å²) in [5.74, 6) is 0.293. The monoisotopic (exact) mass is 282 g/mol. The fraction of sp³-hybridized carbons (Fsp3) is 0.500. The van der Waals surface area contributed by atoms with Crippen LogP contribution in [0.15, 0.2) is 18.2 Å². The summed E-state index contributed by atoms with van der Waals surface area (Å²) >= 11 is 4.90. The maximum absolute atomic E-state index is 13.5. The molecule has 1 aliphatic heterocycles. The van der Waals surface area contributed by atoms with Gasteiger partial charge in [0.05, 0.1) is 6.61 Å². The first kappa shape index (κ1) is 14.4. The normalized spacial score (nSPS) is 19.8. The number of nitrogens with zero attached hydrogens (tertiary/aromatic N) is 1. The van der Waals surface area contributed by atoms with E-state index >= 15 is 0 Å². The summed E-state index contributed by atoms with van der Waals surface area (Å²) in [6.45, 7) is 3.53. The van der Waals surface area contributed by atoms with Crippen molar-refractivity contribution in [3.63, 3.8) is 0 Å². The van der Waals surface area contributed by atoms with Gasteiger partial charge in [-0.1, -0.05) is 12.2 Å². The number of ether oxygens (including phenoxy) is 1. The molecule has 5 heteroatoms. The van der Waals surface area contributed by atoms with Crippen molar-refractivity contribution in [2.45, 2.75) is 13.0 Å². The van der Waals surface area contributed by atoms with Crippen molar-refractivity contribution < 1.29 is 9.13 Å². The van der Waals surface area contributed by atoms with Crippen molar-refractivity contribution in [1.82, 2.24) is 4.90 Å². The van der Waals surface area contributed by atoms with E-state index in [1.54, 1.807) is 13.2 Å². The van der Waals surface area contributed by atoms with Crippen LogP contribution in [0.5, 0.6) is 0 Å². The largest absolute Gasteiger partial charge is 0.389 e. The van der Waals surface area contributed by atoms with Crippen LogP contribution in [-0.2, 0) is 11.3 Å². The molecular formula is C14H19FN2OS. The van der Waals surface area contributed by atoms with Crippen LogP contribution < -0.4 is 5.73 Å². The lowest BCUT2D eigenvalue weighted by atomic mass is 10.1. The summed E-state index contributed by atoms with van der Waals surface area (Å²) < 4.78 is 18.7. The third-order valence-electron chi connectivity index (χ3n) is 3.42. The number of benzene rings is 1. The molecule has 0 spiro atoms. The first-order chi connectivity index (χ1) is 9.08. The van der Waals surface area contributed by atoms with E-state index in [1.165, 1.54) is 6.07 Å². The number of nitrogens with two attached hydrogens (primary N) is 1. The quantitative estimate of drug-likeness (QED) is 0.838. The van der Waals surface area contributed by atoms with Crippen LogP contribution in [0.1, 0.15) is 17.5 Å². The number of hydrogen-bond acceptors (Lipinski definition) is 3. The van der Waals surface area contributed by atoms with Crippen LogP contribution in [0.4, 0.5) is 4.39 Å². The molecule has 1 saturated heterocycles. The molecule has 0 radical (unpaired) electrons. The van der Waals surface area contributed by atoms with Crippen LogP contribution in [0.25, 0.3) is 0 Å². The van der Waals surface area contributed by atoms with E-state index in [1.807, 2.05) is 6.07 Å². The number of likely N-dealkylation sites (tertiary alicyclic amines) is 1. The highest BCUT2D eigenvalue weighted by molar-refractivity contribution is 7.80. The minimum absolute atomic E-state index is 0.236. The number of thiocarbonyl (C=S) groups is 1. The summed E-state index contributed by atoms with van der Waals surface area (Å²) in [6, 6.07) is 4.80. The van der Waals surface area contributed by atoms with E-state index in [4.69, 9.17) is 22.7 Å². The summed E-state index contributed by atoms with van der Waals surface area (Å²) in [5, 5.41) is 0. The molecule has 1 heterocycles. The molecule has 0 aliphatic carbocycles. The Balaban J connectivity index is 2.01. The van der Waals surface area contributed by atoms with Gasteiger partial charge < -0.3 is 10.5 Å². The Morgan fingerprint density at radius 2 is 2.32 bits per heavy atom. The van der Waals surface area contributed by atoms with Crippen molar-refractivity contribution in [3.8, 4) is 0 Å². The third-order valence-corrected chi connectivity index (χ3v) is 3.66. The standard InChI is InChI=1S/C14H19FN2OS/c1-18-9-10-2-3-17(7-10)8-11-4-12(14(16)19)6-13(15)5-11/h4-6,10H,2-3,7-9H2,1H3,(H2,16,19). The van der Waals surface area contributed by atoms with E-state index in [2.05, 4.69) is 4.90 Å². The zero-order valence-corrected chi connectivity index (χ0v) is 11.9. The molecule has 19 heavy (non-hydrogen) atoms. The molecule has 1 aliphatic rings. The number of hydrogen-bond donors (Lipinski definition) is 1. The third kappa shape index (κ3) is 3.96. The van der Waals surface area contributed by atoms with E-state index in [0.717, 1.165) is 38.2 Å². The van der Waals surface area contributed by atoms with Crippen molar-refractivity contribution >= 4 is 17.2 Å². The molecule has 1 unspecified atom stereocenters. The first-order valence-corrected chi connectivity index (χ1v) is 6.80. The van der Waals surface area contributed by atoms with Gasteiger partial charge in [-0.05, 0) is 42.6 Å². The van der Waals surface area contributed by atoms with Crippen LogP contribution in [0.2, 0.25) is 0 Å². The fourth-order valence-electron chi connectivity index (χ4n) is 2.57. The highest BCUT2D eigenvalue weighted by Gasteiger charge is 2.22. The van der Waals surface area contributed by atoms with Crippen molar-refractivity contribution in [2.24, 2.45) is 11.7 Å². The van der Waals surface area contributed by atoms with Crippen LogP contribution in [0, 0.1) is 11.7 Å². The Morgan fingerprint density at radius 3 is 3.00 bits per heavy atom. The fourth-order valence-corrected chi connectivity index (χ4v) is 2.69. The Hall–Kier alpha value is -1.04. The lowest BCUT2D eigenvalue weighted by molar-refractivity contribution is 0.152. The second-order valence-corrected chi connectivity index (χ2v) is 5.50. The molecule has 1 aromatic rings. The van der Waals surface area contributed by atoms with E-state index in [0.29, 0.717) is 11.5 Å². The molecule has 2 N–H and O–H groups in total. The van der Waals surface area contributed by atoms with Gasteiger partial charge in [0.25, 0.3) is 0 Å². The van der Waals surface area contributed by atoms with Crippen LogP contribution in [0.3, 0.4) is 0 Å². The van der Waals surface area contributed by atoms with E-state index < -0.39 is 0 Å². The van der Waals surface area contributed by atoms with Gasteiger partial charge in [-0.2, -0.15) is 0 Å². The minimum atomic E-state index is -0.284. The van der Waals surface area contributed by atoms with Crippen LogP contribution in [-0.4, -0.2) is 36.7 Å². The summed E-state index contributed by atoms with van der Waals surface area (Å²) in [5.41, 5.74) is 7.07. The predicted octanol–water partition coefficient (Wildman–Crippen LogP) is 1.93. The molecule has 3 nitrogen and oxygen atoms in total. The topological polar surface area (TPSA) is 38.5 Å². The predicted molar refractivity (Wildman–Crippen MR) is 77.5 cm³/mol. The maximum atomic E-state index is 13.5. The van der Waals surface area contributed by atoms with E-state index in [9.17, 15) is 4.39 Å². The highest BCUT2D eigenvalue weighted by Crippen LogP contribution is 2.20. The van der Waals surface area contributed by atoms with Gasteiger partial charge in [0.1, 0.15) is 10.8 Å². The molecular weight excluding hydrogens is 263 g/mol. The first-order valence-electron chi connectivity index (χ1n) is 6.39. The highest BCUT2D eigenvalue weighted by atomic mass is 32.1. The smallest absolute Gasteiger partial charge is 0.124 e. The van der Waals surface area contributed by atoms with Gasteiger partial charge in [-0.25, -0.2) is 4.39 Å². The molecule has 104 valence electrons. The average Bonchev–Trinajstić information content (AvgIpc) is 2.76. The maximum Gasteiger partial charge on any atom is 0.124 e.